The molecule has 0 aliphatic carbocycles. The highest BCUT2D eigenvalue weighted by Crippen LogP contribution is 2.26. The van der Waals surface area contributed by atoms with Gasteiger partial charge in [-0.1, -0.05) is 37.3 Å². The summed E-state index contributed by atoms with van der Waals surface area (Å²) in [5.74, 6) is 0.851. The molecular weight excluding hydrogens is 342 g/mol. The zero-order chi connectivity index (χ0) is 19.4. The van der Waals surface area contributed by atoms with E-state index in [4.69, 9.17) is 9.15 Å². The standard InChI is InChI=1S/C22H23NO4/c1-4-14(2)23-20(24)13-26-17-10-11-18-19(12-17)27-15(3)21(22(18)25)16-8-6-5-7-9-16/h5-12,14H,4,13H2,1-3H3,(H,23,24)/t14-/m1/s1. The average molecular weight is 365 g/mol. The Hall–Kier alpha value is -3.08. The maximum absolute atomic E-state index is 12.9. The van der Waals surface area contributed by atoms with Gasteiger partial charge in [-0.3, -0.25) is 9.59 Å². The number of rotatable bonds is 6. The van der Waals surface area contributed by atoms with Crippen molar-refractivity contribution in [1.29, 1.82) is 0 Å². The number of ether oxygens (including phenoxy) is 1. The van der Waals surface area contributed by atoms with Crippen LogP contribution in [0.2, 0.25) is 0 Å². The van der Waals surface area contributed by atoms with Crippen LogP contribution >= 0.6 is 0 Å². The minimum Gasteiger partial charge on any atom is -0.484 e. The number of hydrogen-bond donors (Lipinski definition) is 1. The summed E-state index contributed by atoms with van der Waals surface area (Å²) in [5.41, 5.74) is 1.75. The summed E-state index contributed by atoms with van der Waals surface area (Å²) in [6.07, 6.45) is 0.857. The molecule has 0 spiro atoms. The number of carbonyl (C=O) groups excluding carboxylic acids is 1. The summed E-state index contributed by atoms with van der Waals surface area (Å²) in [6, 6.07) is 14.6. The van der Waals surface area contributed by atoms with Crippen LogP contribution in [0.4, 0.5) is 0 Å². The van der Waals surface area contributed by atoms with Gasteiger partial charge < -0.3 is 14.5 Å². The molecule has 2 aromatic carbocycles. The first-order chi connectivity index (χ1) is 13.0. The molecular formula is C22H23NO4. The second-order valence-electron chi connectivity index (χ2n) is 6.55. The lowest BCUT2D eigenvalue weighted by molar-refractivity contribution is -0.123. The summed E-state index contributed by atoms with van der Waals surface area (Å²) < 4.78 is 11.4. The zero-order valence-electron chi connectivity index (χ0n) is 15.7. The van der Waals surface area contributed by atoms with Crippen molar-refractivity contribution in [3.05, 3.63) is 64.5 Å². The van der Waals surface area contributed by atoms with E-state index in [0.717, 1.165) is 12.0 Å². The van der Waals surface area contributed by atoms with Crippen LogP contribution in [-0.4, -0.2) is 18.6 Å². The van der Waals surface area contributed by atoms with E-state index in [1.807, 2.05) is 44.2 Å². The third-order valence-electron chi connectivity index (χ3n) is 4.49. The van der Waals surface area contributed by atoms with Gasteiger partial charge in [-0.25, -0.2) is 0 Å². The van der Waals surface area contributed by atoms with E-state index < -0.39 is 0 Å². The van der Waals surface area contributed by atoms with Crippen LogP contribution in [0.15, 0.2) is 57.7 Å². The fourth-order valence-electron chi connectivity index (χ4n) is 2.88. The fraction of sp³-hybridized carbons (Fsp3) is 0.273. The van der Waals surface area contributed by atoms with E-state index in [1.54, 1.807) is 25.1 Å². The second-order valence-corrected chi connectivity index (χ2v) is 6.55. The molecule has 0 bridgehead atoms. The number of benzene rings is 2. The maximum atomic E-state index is 12.9. The van der Waals surface area contributed by atoms with Crippen molar-refractivity contribution in [3.8, 4) is 16.9 Å². The van der Waals surface area contributed by atoms with Gasteiger partial charge in [0.25, 0.3) is 5.91 Å². The molecule has 0 unspecified atom stereocenters. The first-order valence-electron chi connectivity index (χ1n) is 9.04. The molecule has 5 nitrogen and oxygen atoms in total. The SMILES string of the molecule is CC[C@@H](C)NC(=O)COc1ccc2c(=O)c(-c3ccccc3)c(C)oc2c1. The fourth-order valence-corrected chi connectivity index (χ4v) is 2.88. The number of carbonyl (C=O) groups is 1. The predicted molar refractivity (Wildman–Crippen MR) is 106 cm³/mol. The van der Waals surface area contributed by atoms with Crippen molar-refractivity contribution in [3.63, 3.8) is 0 Å². The Bertz CT molecular complexity index is 1010. The Morgan fingerprint density at radius 1 is 1.19 bits per heavy atom. The van der Waals surface area contributed by atoms with Gasteiger partial charge in [-0.15, -0.1) is 0 Å². The van der Waals surface area contributed by atoms with Crippen molar-refractivity contribution >= 4 is 16.9 Å². The van der Waals surface area contributed by atoms with Crippen molar-refractivity contribution in [2.75, 3.05) is 6.61 Å². The van der Waals surface area contributed by atoms with Gasteiger partial charge in [-0.05, 0) is 38.0 Å². The molecule has 1 atom stereocenters. The largest absolute Gasteiger partial charge is 0.484 e. The Morgan fingerprint density at radius 2 is 1.93 bits per heavy atom. The van der Waals surface area contributed by atoms with Gasteiger partial charge in [0.2, 0.25) is 5.43 Å². The van der Waals surface area contributed by atoms with Crippen LogP contribution in [0.3, 0.4) is 0 Å². The summed E-state index contributed by atoms with van der Waals surface area (Å²) in [7, 11) is 0. The Kier molecular flexibility index (Phi) is 5.60. The maximum Gasteiger partial charge on any atom is 0.258 e. The van der Waals surface area contributed by atoms with Crippen LogP contribution in [0.25, 0.3) is 22.1 Å². The first-order valence-corrected chi connectivity index (χ1v) is 9.04. The van der Waals surface area contributed by atoms with Crippen LogP contribution in [-0.2, 0) is 4.79 Å². The monoisotopic (exact) mass is 365 g/mol. The van der Waals surface area contributed by atoms with Gasteiger partial charge >= 0.3 is 0 Å². The van der Waals surface area contributed by atoms with Crippen LogP contribution < -0.4 is 15.5 Å². The van der Waals surface area contributed by atoms with Gasteiger partial charge in [0.1, 0.15) is 17.1 Å². The molecule has 0 aliphatic heterocycles. The van der Waals surface area contributed by atoms with E-state index in [1.165, 1.54) is 0 Å². The molecule has 5 heteroatoms. The van der Waals surface area contributed by atoms with Gasteiger partial charge in [-0.2, -0.15) is 0 Å². The molecule has 1 N–H and O–H groups in total. The molecule has 3 rings (SSSR count). The average Bonchev–Trinajstić information content (AvgIpc) is 2.67. The molecule has 1 aromatic heterocycles. The molecule has 1 heterocycles. The topological polar surface area (TPSA) is 68.5 Å². The predicted octanol–water partition coefficient (Wildman–Crippen LogP) is 4.06. The van der Waals surface area contributed by atoms with Gasteiger partial charge in [0, 0.05) is 12.1 Å². The van der Waals surface area contributed by atoms with Gasteiger partial charge in [0.05, 0.1) is 10.9 Å². The Balaban J connectivity index is 1.87. The van der Waals surface area contributed by atoms with Crippen LogP contribution in [0.5, 0.6) is 5.75 Å². The quantitative estimate of drug-likeness (QED) is 0.715. The lowest BCUT2D eigenvalue weighted by Gasteiger charge is -2.12. The van der Waals surface area contributed by atoms with Crippen LogP contribution in [0, 0.1) is 6.92 Å². The third-order valence-corrected chi connectivity index (χ3v) is 4.49. The summed E-state index contributed by atoms with van der Waals surface area (Å²) in [5, 5.41) is 3.33. The number of nitrogens with one attached hydrogen (secondary N) is 1. The molecule has 0 radical (unpaired) electrons. The van der Waals surface area contributed by atoms with E-state index >= 15 is 0 Å². The molecule has 27 heavy (non-hydrogen) atoms. The minimum atomic E-state index is -0.179. The lowest BCUT2D eigenvalue weighted by atomic mass is 10.0. The molecule has 0 fully saturated rings. The molecule has 0 saturated heterocycles. The summed E-state index contributed by atoms with van der Waals surface area (Å²) in [6.45, 7) is 5.64. The minimum absolute atomic E-state index is 0.0822. The number of aryl methyl sites for hydroxylation is 1. The smallest absolute Gasteiger partial charge is 0.258 e. The van der Waals surface area contributed by atoms with E-state index in [0.29, 0.717) is 28.0 Å². The molecule has 140 valence electrons. The van der Waals surface area contributed by atoms with Crippen LogP contribution in [0.1, 0.15) is 26.0 Å². The molecule has 0 aliphatic rings. The van der Waals surface area contributed by atoms with Crippen molar-refractivity contribution in [2.45, 2.75) is 33.2 Å². The van der Waals surface area contributed by atoms with E-state index in [-0.39, 0.29) is 24.0 Å². The summed E-state index contributed by atoms with van der Waals surface area (Å²) in [4.78, 5) is 24.8. The second kappa shape index (κ2) is 8.08. The molecule has 3 aromatic rings. The molecule has 0 saturated carbocycles. The van der Waals surface area contributed by atoms with Crippen molar-refractivity contribution in [2.24, 2.45) is 0 Å². The first kappa shape index (κ1) is 18.7. The highest BCUT2D eigenvalue weighted by molar-refractivity contribution is 5.84. The number of fused-ring (bicyclic) bond motifs is 1. The van der Waals surface area contributed by atoms with E-state index in [9.17, 15) is 9.59 Å². The Labute approximate surface area is 158 Å². The van der Waals surface area contributed by atoms with Crippen molar-refractivity contribution < 1.29 is 13.9 Å². The third kappa shape index (κ3) is 4.19. The number of amides is 1. The van der Waals surface area contributed by atoms with Crippen molar-refractivity contribution in [1.82, 2.24) is 5.32 Å². The zero-order valence-corrected chi connectivity index (χ0v) is 15.7. The van der Waals surface area contributed by atoms with Gasteiger partial charge in [0.15, 0.2) is 6.61 Å². The summed E-state index contributed by atoms with van der Waals surface area (Å²) >= 11 is 0. The van der Waals surface area contributed by atoms with E-state index in [2.05, 4.69) is 5.32 Å². The highest BCUT2D eigenvalue weighted by atomic mass is 16.5. The highest BCUT2D eigenvalue weighted by Gasteiger charge is 2.14. The molecule has 1 amide bonds. The number of hydrogen-bond acceptors (Lipinski definition) is 4. The lowest BCUT2D eigenvalue weighted by Crippen LogP contribution is -2.35. The Morgan fingerprint density at radius 3 is 2.63 bits per heavy atom. The normalized spacial score (nSPS) is 12.0.